The van der Waals surface area contributed by atoms with Gasteiger partial charge in [0.25, 0.3) is 5.91 Å². The van der Waals surface area contributed by atoms with Crippen LogP contribution >= 0.6 is 0 Å². The summed E-state index contributed by atoms with van der Waals surface area (Å²) in [7, 11) is 0. The molecule has 1 aromatic heterocycles. The van der Waals surface area contributed by atoms with Crippen LogP contribution in [0.3, 0.4) is 0 Å². The van der Waals surface area contributed by atoms with Crippen LogP contribution in [0, 0.1) is 0 Å². The first-order valence-corrected chi connectivity index (χ1v) is 5.16. The molecule has 1 aromatic rings. The Morgan fingerprint density at radius 2 is 2.47 bits per heavy atom. The number of aliphatic hydroxyl groups is 1. The zero-order valence-corrected chi connectivity index (χ0v) is 8.47. The van der Waals surface area contributed by atoms with E-state index in [1.165, 1.54) is 0 Å². The lowest BCUT2D eigenvalue weighted by molar-refractivity contribution is 0.0672. The second-order valence-electron chi connectivity index (χ2n) is 3.69. The molecule has 2 heterocycles. The molecule has 1 N–H and O–H groups in total. The largest absolute Gasteiger partial charge is 0.394 e. The van der Waals surface area contributed by atoms with Crippen LogP contribution in [0.25, 0.3) is 0 Å². The first-order chi connectivity index (χ1) is 7.33. The lowest BCUT2D eigenvalue weighted by Gasteiger charge is -2.22. The van der Waals surface area contributed by atoms with E-state index in [9.17, 15) is 4.79 Å². The average molecular weight is 206 g/mol. The number of carbonyl (C=O) groups excluding carboxylic acids is 1. The van der Waals surface area contributed by atoms with Gasteiger partial charge in [-0.05, 0) is 25.0 Å². The normalized spacial score (nSPS) is 20.6. The highest BCUT2D eigenvalue weighted by Crippen LogP contribution is 2.18. The zero-order valence-electron chi connectivity index (χ0n) is 8.47. The van der Waals surface area contributed by atoms with Crippen molar-refractivity contribution >= 4 is 5.91 Å². The maximum absolute atomic E-state index is 12.0. The number of amides is 1. The first-order valence-electron chi connectivity index (χ1n) is 5.16. The first kappa shape index (κ1) is 10.1. The third-order valence-corrected chi connectivity index (χ3v) is 2.73. The molecule has 0 unspecified atom stereocenters. The molecule has 1 amide bonds. The molecular formula is C11H14N2O2. The fourth-order valence-electron chi connectivity index (χ4n) is 1.93. The molecule has 4 nitrogen and oxygen atoms in total. The van der Waals surface area contributed by atoms with Gasteiger partial charge in [-0.1, -0.05) is 6.07 Å². The van der Waals surface area contributed by atoms with Crippen LogP contribution in [0.5, 0.6) is 0 Å². The van der Waals surface area contributed by atoms with Gasteiger partial charge in [0.05, 0.1) is 12.6 Å². The van der Waals surface area contributed by atoms with Crippen LogP contribution in [0.1, 0.15) is 23.3 Å². The van der Waals surface area contributed by atoms with Crippen molar-refractivity contribution in [1.29, 1.82) is 0 Å². The molecule has 4 heteroatoms. The Morgan fingerprint density at radius 1 is 1.60 bits per heavy atom. The molecule has 0 radical (unpaired) electrons. The molecular weight excluding hydrogens is 192 g/mol. The van der Waals surface area contributed by atoms with Crippen molar-refractivity contribution in [1.82, 2.24) is 9.88 Å². The number of likely N-dealkylation sites (tertiary alicyclic amines) is 1. The van der Waals surface area contributed by atoms with Gasteiger partial charge in [-0.3, -0.25) is 9.78 Å². The van der Waals surface area contributed by atoms with E-state index in [1.54, 1.807) is 29.3 Å². The summed E-state index contributed by atoms with van der Waals surface area (Å²) in [5.41, 5.74) is 0.456. The minimum atomic E-state index is -0.0767. The maximum atomic E-state index is 12.0. The number of aliphatic hydroxyl groups excluding tert-OH is 1. The predicted molar refractivity (Wildman–Crippen MR) is 55.4 cm³/mol. The molecule has 15 heavy (non-hydrogen) atoms. The van der Waals surface area contributed by atoms with Gasteiger partial charge >= 0.3 is 0 Å². The van der Waals surface area contributed by atoms with E-state index < -0.39 is 0 Å². The number of carbonyl (C=O) groups is 1. The van der Waals surface area contributed by atoms with E-state index in [0.29, 0.717) is 5.69 Å². The lowest BCUT2D eigenvalue weighted by Crippen LogP contribution is -2.37. The summed E-state index contributed by atoms with van der Waals surface area (Å²) in [6.07, 6.45) is 3.45. The number of hydrogen-bond donors (Lipinski definition) is 1. The van der Waals surface area contributed by atoms with E-state index in [2.05, 4.69) is 4.98 Å². The van der Waals surface area contributed by atoms with Crippen LogP contribution in [-0.2, 0) is 0 Å². The van der Waals surface area contributed by atoms with Gasteiger partial charge in [-0.25, -0.2) is 0 Å². The minimum absolute atomic E-state index is 0.0282. The van der Waals surface area contributed by atoms with Gasteiger partial charge in [0, 0.05) is 12.7 Å². The van der Waals surface area contributed by atoms with Crippen LogP contribution < -0.4 is 0 Å². The molecule has 1 aliphatic rings. The molecule has 0 spiro atoms. The van der Waals surface area contributed by atoms with Crippen molar-refractivity contribution in [3.63, 3.8) is 0 Å². The Morgan fingerprint density at radius 3 is 3.13 bits per heavy atom. The van der Waals surface area contributed by atoms with Gasteiger partial charge in [0.1, 0.15) is 5.69 Å². The van der Waals surface area contributed by atoms with Gasteiger partial charge in [-0.2, -0.15) is 0 Å². The number of aromatic nitrogens is 1. The molecule has 1 saturated heterocycles. The highest BCUT2D eigenvalue weighted by molar-refractivity contribution is 5.92. The topological polar surface area (TPSA) is 53.4 Å². The Kier molecular flexibility index (Phi) is 2.97. The Labute approximate surface area is 88.6 Å². The molecule has 0 aliphatic carbocycles. The summed E-state index contributed by atoms with van der Waals surface area (Å²) in [5, 5.41) is 9.12. The van der Waals surface area contributed by atoms with Gasteiger partial charge < -0.3 is 10.0 Å². The van der Waals surface area contributed by atoms with Crippen LogP contribution in [0.15, 0.2) is 24.4 Å². The van der Waals surface area contributed by atoms with Crippen molar-refractivity contribution < 1.29 is 9.90 Å². The zero-order chi connectivity index (χ0) is 10.7. The van der Waals surface area contributed by atoms with Gasteiger partial charge in [-0.15, -0.1) is 0 Å². The number of nitrogens with zero attached hydrogens (tertiary/aromatic N) is 2. The van der Waals surface area contributed by atoms with E-state index in [1.807, 2.05) is 0 Å². The van der Waals surface area contributed by atoms with E-state index in [4.69, 9.17) is 5.11 Å². The highest BCUT2D eigenvalue weighted by Gasteiger charge is 2.29. The molecule has 80 valence electrons. The lowest BCUT2D eigenvalue weighted by atomic mass is 10.2. The number of pyridine rings is 1. The molecule has 1 atom stereocenters. The van der Waals surface area contributed by atoms with Crippen molar-refractivity contribution in [3.05, 3.63) is 30.1 Å². The minimum Gasteiger partial charge on any atom is -0.394 e. The van der Waals surface area contributed by atoms with Crippen molar-refractivity contribution in [2.24, 2.45) is 0 Å². The van der Waals surface area contributed by atoms with E-state index in [0.717, 1.165) is 19.4 Å². The SMILES string of the molecule is O=C(c1ccccn1)N1CCC[C@@H]1CO. The Balaban J connectivity index is 2.14. The third-order valence-electron chi connectivity index (χ3n) is 2.73. The number of rotatable bonds is 2. The fourth-order valence-corrected chi connectivity index (χ4v) is 1.93. The summed E-state index contributed by atoms with van der Waals surface area (Å²) in [5.74, 6) is -0.0767. The number of hydrogen-bond acceptors (Lipinski definition) is 3. The van der Waals surface area contributed by atoms with E-state index in [-0.39, 0.29) is 18.6 Å². The molecule has 2 rings (SSSR count). The smallest absolute Gasteiger partial charge is 0.272 e. The standard InChI is InChI=1S/C11H14N2O2/c14-8-9-4-3-7-13(9)11(15)10-5-1-2-6-12-10/h1-2,5-6,9,14H,3-4,7-8H2/t9-/m1/s1. The summed E-state index contributed by atoms with van der Waals surface area (Å²) in [6, 6.07) is 5.25. The summed E-state index contributed by atoms with van der Waals surface area (Å²) >= 11 is 0. The molecule has 0 aromatic carbocycles. The second-order valence-corrected chi connectivity index (χ2v) is 3.69. The monoisotopic (exact) mass is 206 g/mol. The predicted octanol–water partition coefficient (Wildman–Crippen LogP) is 0.678. The van der Waals surface area contributed by atoms with Gasteiger partial charge in [0.2, 0.25) is 0 Å². The molecule has 0 saturated carbocycles. The quantitative estimate of drug-likeness (QED) is 0.774. The summed E-state index contributed by atoms with van der Waals surface area (Å²) in [6.45, 7) is 0.763. The van der Waals surface area contributed by atoms with Crippen LogP contribution in [-0.4, -0.2) is 40.1 Å². The van der Waals surface area contributed by atoms with Crippen molar-refractivity contribution in [2.45, 2.75) is 18.9 Å². The Bertz CT molecular complexity index is 340. The average Bonchev–Trinajstić information content (AvgIpc) is 2.77. The second kappa shape index (κ2) is 4.40. The highest BCUT2D eigenvalue weighted by atomic mass is 16.3. The van der Waals surface area contributed by atoms with E-state index >= 15 is 0 Å². The van der Waals surface area contributed by atoms with Crippen LogP contribution in [0.2, 0.25) is 0 Å². The molecule has 0 bridgehead atoms. The summed E-state index contributed by atoms with van der Waals surface area (Å²) in [4.78, 5) is 17.7. The molecule has 1 fully saturated rings. The third kappa shape index (κ3) is 1.99. The maximum Gasteiger partial charge on any atom is 0.272 e. The van der Waals surface area contributed by atoms with Gasteiger partial charge in [0.15, 0.2) is 0 Å². The Hall–Kier alpha value is -1.42. The summed E-state index contributed by atoms with van der Waals surface area (Å²) < 4.78 is 0. The van der Waals surface area contributed by atoms with Crippen molar-refractivity contribution in [2.75, 3.05) is 13.2 Å². The van der Waals surface area contributed by atoms with Crippen LogP contribution in [0.4, 0.5) is 0 Å². The fraction of sp³-hybridized carbons (Fsp3) is 0.455. The molecule has 1 aliphatic heterocycles. The van der Waals surface area contributed by atoms with Crippen molar-refractivity contribution in [3.8, 4) is 0 Å².